The van der Waals surface area contributed by atoms with Crippen molar-refractivity contribution in [1.82, 2.24) is 19.9 Å². The Hall–Kier alpha value is -2.81. The summed E-state index contributed by atoms with van der Waals surface area (Å²) in [6.45, 7) is 4.03. The summed E-state index contributed by atoms with van der Waals surface area (Å²) in [7, 11) is 0. The Morgan fingerprint density at radius 3 is 2.83 bits per heavy atom. The lowest BCUT2D eigenvalue weighted by atomic mass is 10.1. The molecule has 0 unspecified atom stereocenters. The number of halogens is 1. The van der Waals surface area contributed by atoms with Gasteiger partial charge in [-0.05, 0) is 61.8 Å². The van der Waals surface area contributed by atoms with Crippen LogP contribution in [0.4, 0.5) is 5.69 Å². The summed E-state index contributed by atoms with van der Waals surface area (Å²) in [4.78, 5) is 17.9. The first-order valence-electron chi connectivity index (χ1n) is 9.22. The van der Waals surface area contributed by atoms with E-state index in [2.05, 4.69) is 20.7 Å². The van der Waals surface area contributed by atoms with E-state index in [-0.39, 0.29) is 11.8 Å². The van der Waals surface area contributed by atoms with E-state index in [9.17, 15) is 4.79 Å². The molecule has 0 radical (unpaired) electrons. The van der Waals surface area contributed by atoms with Gasteiger partial charge >= 0.3 is 0 Å². The minimum Gasteiger partial charge on any atom is -0.360 e. The van der Waals surface area contributed by atoms with Crippen molar-refractivity contribution in [3.63, 3.8) is 0 Å². The Bertz CT molecular complexity index is 1230. The molecule has 152 valence electrons. The molecule has 1 aromatic carbocycles. The summed E-state index contributed by atoms with van der Waals surface area (Å²) >= 11 is 13.2. The van der Waals surface area contributed by atoms with Gasteiger partial charge in [-0.25, -0.2) is 9.50 Å². The zero-order valence-electron chi connectivity index (χ0n) is 16.2. The molecule has 4 aromatic rings. The molecular formula is C21H18ClN5OS2. The monoisotopic (exact) mass is 455 g/mol. The highest BCUT2D eigenvalue weighted by Gasteiger charge is 2.19. The number of carbonyl (C=O) groups excluding carboxylic acids is 1. The van der Waals surface area contributed by atoms with E-state index in [1.165, 1.54) is 11.3 Å². The summed E-state index contributed by atoms with van der Waals surface area (Å²) in [6.07, 6.45) is 3.20. The summed E-state index contributed by atoms with van der Waals surface area (Å²) < 4.78 is 1.64. The molecule has 3 heterocycles. The number of aromatic nitrogens is 3. The highest BCUT2D eigenvalue weighted by molar-refractivity contribution is 7.80. The van der Waals surface area contributed by atoms with Gasteiger partial charge in [0.15, 0.2) is 10.8 Å². The molecule has 3 aromatic heterocycles. The number of thiophene rings is 1. The lowest BCUT2D eigenvalue weighted by Crippen LogP contribution is -2.33. The molecule has 9 heteroatoms. The maximum Gasteiger partial charge on any atom is 0.208 e. The molecular weight excluding hydrogens is 438 g/mol. The van der Waals surface area contributed by atoms with Crippen molar-refractivity contribution >= 4 is 57.4 Å². The van der Waals surface area contributed by atoms with Crippen LogP contribution in [0.2, 0.25) is 5.02 Å². The normalized spacial score (nSPS) is 11.1. The second kappa shape index (κ2) is 8.51. The average Bonchev–Trinajstić information content (AvgIpc) is 3.38. The zero-order chi connectivity index (χ0) is 21.3. The zero-order valence-corrected chi connectivity index (χ0v) is 18.6. The Balaban J connectivity index is 1.74. The van der Waals surface area contributed by atoms with Crippen molar-refractivity contribution in [3.05, 3.63) is 69.6 Å². The van der Waals surface area contributed by atoms with Crippen LogP contribution in [-0.4, -0.2) is 31.5 Å². The third-order valence-electron chi connectivity index (χ3n) is 4.31. The van der Waals surface area contributed by atoms with Crippen molar-refractivity contribution in [2.45, 2.75) is 19.9 Å². The predicted molar refractivity (Wildman–Crippen MR) is 126 cm³/mol. The number of hydrogen-bond donors (Lipinski definition) is 2. The fourth-order valence-electron chi connectivity index (χ4n) is 3.02. The highest BCUT2D eigenvalue weighted by atomic mass is 35.5. The smallest absolute Gasteiger partial charge is 0.208 e. The van der Waals surface area contributed by atoms with E-state index in [4.69, 9.17) is 23.8 Å². The van der Waals surface area contributed by atoms with Gasteiger partial charge in [0.05, 0.1) is 27.4 Å². The van der Waals surface area contributed by atoms with E-state index in [1.807, 2.05) is 43.5 Å². The van der Waals surface area contributed by atoms with Gasteiger partial charge in [-0.15, -0.1) is 11.3 Å². The van der Waals surface area contributed by atoms with Gasteiger partial charge in [0.2, 0.25) is 5.78 Å². The van der Waals surface area contributed by atoms with Crippen LogP contribution in [-0.2, 0) is 0 Å². The maximum absolute atomic E-state index is 12.8. The van der Waals surface area contributed by atoms with Crippen LogP contribution < -0.4 is 10.6 Å². The molecule has 4 rings (SSSR count). The largest absolute Gasteiger partial charge is 0.360 e. The molecule has 0 saturated heterocycles. The number of thiocarbonyl (C=S) groups is 1. The number of rotatable bonds is 5. The number of hydrogen-bond acceptors (Lipinski definition) is 5. The molecule has 0 bridgehead atoms. The maximum atomic E-state index is 12.8. The van der Waals surface area contributed by atoms with Crippen molar-refractivity contribution in [2.75, 3.05) is 5.32 Å². The highest BCUT2D eigenvalue weighted by Crippen LogP contribution is 2.31. The van der Waals surface area contributed by atoms with E-state index >= 15 is 0 Å². The van der Waals surface area contributed by atoms with Crippen LogP contribution in [0, 0.1) is 0 Å². The molecule has 0 amide bonds. The number of nitrogens with zero attached hydrogens (tertiary/aromatic N) is 3. The number of ketones is 1. The summed E-state index contributed by atoms with van der Waals surface area (Å²) in [5, 5.41) is 13.7. The van der Waals surface area contributed by atoms with Crippen LogP contribution in [0.25, 0.3) is 16.9 Å². The fourth-order valence-corrected chi connectivity index (χ4v) is 4.27. The second-order valence-electron chi connectivity index (χ2n) is 6.88. The summed E-state index contributed by atoms with van der Waals surface area (Å²) in [5.74, 6) is -0.101. The average molecular weight is 456 g/mol. The van der Waals surface area contributed by atoms with Gasteiger partial charge in [0, 0.05) is 23.5 Å². The molecule has 0 aliphatic heterocycles. The quantitative estimate of drug-likeness (QED) is 0.324. The van der Waals surface area contributed by atoms with E-state index < -0.39 is 0 Å². The lowest BCUT2D eigenvalue weighted by Gasteiger charge is -2.14. The fraction of sp³-hybridized carbons (Fsp3) is 0.143. The molecule has 2 N–H and O–H groups in total. The number of carbonyl (C=O) groups is 1. The van der Waals surface area contributed by atoms with Crippen molar-refractivity contribution in [2.24, 2.45) is 0 Å². The molecule has 0 atom stereocenters. The molecule has 0 aliphatic carbocycles. The first kappa shape index (κ1) is 20.5. The Morgan fingerprint density at radius 1 is 1.27 bits per heavy atom. The third kappa shape index (κ3) is 4.07. The summed E-state index contributed by atoms with van der Waals surface area (Å²) in [5.41, 5.74) is 3.20. The van der Waals surface area contributed by atoms with Crippen LogP contribution in [0.5, 0.6) is 0 Å². The first-order chi connectivity index (χ1) is 14.4. The molecule has 0 aliphatic rings. The minimum atomic E-state index is -0.101. The number of nitrogens with one attached hydrogen (secondary N) is 2. The van der Waals surface area contributed by atoms with Crippen LogP contribution >= 0.6 is 35.2 Å². The van der Waals surface area contributed by atoms with E-state index in [0.29, 0.717) is 26.2 Å². The standard InChI is InChI=1S/C21H18ClN5OS2/c1-12(2)25-21(29)26-13-5-6-16(22)14(10-13)17-7-8-23-20-15(11-24-27(17)20)19(28)18-4-3-9-30-18/h3-12H,1-2H3,(H2,25,26,29). The van der Waals surface area contributed by atoms with E-state index in [0.717, 1.165) is 16.9 Å². The van der Waals surface area contributed by atoms with Crippen LogP contribution in [0.1, 0.15) is 29.1 Å². The molecule has 0 spiro atoms. The van der Waals surface area contributed by atoms with Crippen LogP contribution in [0.15, 0.2) is 54.2 Å². The Labute approximate surface area is 187 Å². The Kier molecular flexibility index (Phi) is 5.80. The van der Waals surface area contributed by atoms with Crippen LogP contribution in [0.3, 0.4) is 0 Å². The Morgan fingerprint density at radius 2 is 2.10 bits per heavy atom. The van der Waals surface area contributed by atoms with Gasteiger partial charge in [-0.1, -0.05) is 17.7 Å². The molecule has 0 fully saturated rings. The van der Waals surface area contributed by atoms with Crippen molar-refractivity contribution in [1.29, 1.82) is 0 Å². The van der Waals surface area contributed by atoms with Gasteiger partial charge in [-0.3, -0.25) is 4.79 Å². The molecule has 6 nitrogen and oxygen atoms in total. The number of benzene rings is 1. The lowest BCUT2D eigenvalue weighted by molar-refractivity contribution is 0.104. The third-order valence-corrected chi connectivity index (χ3v) is 5.73. The van der Waals surface area contributed by atoms with Crippen molar-refractivity contribution < 1.29 is 4.79 Å². The SMILES string of the molecule is CC(C)NC(=S)Nc1ccc(Cl)c(-c2ccnc3c(C(=O)c4cccs4)cnn23)c1. The molecule has 30 heavy (non-hydrogen) atoms. The minimum absolute atomic E-state index is 0.101. The number of fused-ring (bicyclic) bond motifs is 1. The van der Waals surface area contributed by atoms with Crippen molar-refractivity contribution in [3.8, 4) is 11.3 Å². The van der Waals surface area contributed by atoms with Gasteiger partial charge in [-0.2, -0.15) is 5.10 Å². The van der Waals surface area contributed by atoms with E-state index in [1.54, 1.807) is 29.0 Å². The second-order valence-corrected chi connectivity index (χ2v) is 8.64. The topological polar surface area (TPSA) is 71.3 Å². The summed E-state index contributed by atoms with van der Waals surface area (Å²) in [6, 6.07) is 11.2. The first-order valence-corrected chi connectivity index (χ1v) is 10.9. The predicted octanol–water partition coefficient (Wildman–Crippen LogP) is 5.04. The molecule has 0 saturated carbocycles. The number of anilines is 1. The van der Waals surface area contributed by atoms with Gasteiger partial charge in [0.25, 0.3) is 0 Å². The van der Waals surface area contributed by atoms with Gasteiger partial charge in [0.1, 0.15) is 0 Å². The van der Waals surface area contributed by atoms with Gasteiger partial charge < -0.3 is 10.6 Å².